The minimum atomic E-state index is -0.423. The van der Waals surface area contributed by atoms with Crippen molar-refractivity contribution in [1.82, 2.24) is 10.3 Å². The maximum Gasteiger partial charge on any atom is 0.348 e. The Morgan fingerprint density at radius 3 is 2.76 bits per heavy atom. The topological polar surface area (TPSA) is 68.3 Å². The molecule has 0 saturated heterocycles. The van der Waals surface area contributed by atoms with E-state index in [0.717, 1.165) is 28.5 Å². The highest BCUT2D eigenvalue weighted by atomic mass is 32.1. The highest BCUT2D eigenvalue weighted by Crippen LogP contribution is 2.17. The predicted molar refractivity (Wildman–Crippen MR) is 83.2 cm³/mol. The van der Waals surface area contributed by atoms with Crippen LogP contribution in [-0.2, 0) is 17.6 Å². The van der Waals surface area contributed by atoms with Gasteiger partial charge in [-0.2, -0.15) is 0 Å². The van der Waals surface area contributed by atoms with E-state index < -0.39 is 5.97 Å². The highest BCUT2D eigenvalue weighted by molar-refractivity contribution is 7.15. The van der Waals surface area contributed by atoms with E-state index in [9.17, 15) is 9.59 Å². The van der Waals surface area contributed by atoms with Gasteiger partial charge in [0.15, 0.2) is 0 Å². The number of thiophene rings is 1. The monoisotopic (exact) mass is 324 g/mol. The molecule has 7 heteroatoms. The fourth-order valence-corrected chi connectivity index (χ4v) is 3.31. The zero-order valence-electron chi connectivity index (χ0n) is 11.8. The standard InChI is InChI=1S/C14H16N2O3S2/c1-3-12-16-9(8-20-12)6-7-15-13(17)10-4-5-11(21-10)14(18)19-2/h4-5,8H,3,6-7H2,1-2H3,(H,15,17). The lowest BCUT2D eigenvalue weighted by Crippen LogP contribution is -2.24. The lowest BCUT2D eigenvalue weighted by Gasteiger charge is -2.01. The first-order valence-corrected chi connectivity index (χ1v) is 8.23. The Labute approximate surface area is 131 Å². The Balaban J connectivity index is 1.84. The van der Waals surface area contributed by atoms with Gasteiger partial charge in [-0.15, -0.1) is 22.7 Å². The number of ether oxygens (including phenoxy) is 1. The van der Waals surface area contributed by atoms with E-state index in [-0.39, 0.29) is 5.91 Å². The largest absolute Gasteiger partial charge is 0.465 e. The van der Waals surface area contributed by atoms with Gasteiger partial charge in [0.1, 0.15) is 4.88 Å². The number of methoxy groups -OCH3 is 1. The Kier molecular flexibility index (Phi) is 5.46. The Morgan fingerprint density at radius 1 is 1.33 bits per heavy atom. The van der Waals surface area contributed by atoms with E-state index in [4.69, 9.17) is 0 Å². The molecule has 0 aliphatic heterocycles. The van der Waals surface area contributed by atoms with Gasteiger partial charge in [0.05, 0.1) is 22.7 Å². The molecule has 0 unspecified atom stereocenters. The van der Waals surface area contributed by atoms with E-state index in [1.165, 1.54) is 7.11 Å². The van der Waals surface area contributed by atoms with Gasteiger partial charge in [0.25, 0.3) is 5.91 Å². The minimum absolute atomic E-state index is 0.180. The summed E-state index contributed by atoms with van der Waals surface area (Å²) in [7, 11) is 1.32. The lowest BCUT2D eigenvalue weighted by atomic mass is 10.3. The molecule has 1 amide bonds. The summed E-state index contributed by atoms with van der Waals surface area (Å²) in [6.45, 7) is 2.59. The summed E-state index contributed by atoms with van der Waals surface area (Å²) in [5.74, 6) is -0.602. The smallest absolute Gasteiger partial charge is 0.348 e. The molecule has 0 saturated carbocycles. The Hall–Kier alpha value is -1.73. The van der Waals surface area contributed by atoms with Crippen LogP contribution >= 0.6 is 22.7 Å². The minimum Gasteiger partial charge on any atom is -0.465 e. The quantitative estimate of drug-likeness (QED) is 0.829. The summed E-state index contributed by atoms with van der Waals surface area (Å²) in [4.78, 5) is 28.7. The van der Waals surface area contributed by atoms with Crippen LogP contribution in [0.4, 0.5) is 0 Å². The van der Waals surface area contributed by atoms with E-state index in [2.05, 4.69) is 22.0 Å². The normalized spacial score (nSPS) is 10.4. The molecule has 0 aromatic carbocycles. The first-order chi connectivity index (χ1) is 10.1. The van der Waals surface area contributed by atoms with E-state index in [0.29, 0.717) is 22.7 Å². The van der Waals surface area contributed by atoms with Crippen molar-refractivity contribution < 1.29 is 14.3 Å². The van der Waals surface area contributed by atoms with Crippen molar-refractivity contribution >= 4 is 34.6 Å². The summed E-state index contributed by atoms with van der Waals surface area (Å²) in [6, 6.07) is 3.23. The molecule has 0 spiro atoms. The molecule has 1 N–H and O–H groups in total. The molecule has 0 fully saturated rings. The SMILES string of the molecule is CCc1nc(CCNC(=O)c2ccc(C(=O)OC)s2)cs1. The summed E-state index contributed by atoms with van der Waals surface area (Å²) >= 11 is 2.77. The maximum absolute atomic E-state index is 11.9. The number of aromatic nitrogens is 1. The molecule has 2 aromatic rings. The molecule has 2 heterocycles. The van der Waals surface area contributed by atoms with Crippen LogP contribution in [0.5, 0.6) is 0 Å². The first kappa shape index (κ1) is 15.7. The fraction of sp³-hybridized carbons (Fsp3) is 0.357. The second-order valence-corrected chi connectivity index (χ2v) is 6.27. The van der Waals surface area contributed by atoms with E-state index in [1.807, 2.05) is 5.38 Å². The third kappa shape index (κ3) is 4.12. The van der Waals surface area contributed by atoms with E-state index >= 15 is 0 Å². The van der Waals surface area contributed by atoms with Gasteiger partial charge in [-0.3, -0.25) is 4.79 Å². The van der Waals surface area contributed by atoms with E-state index in [1.54, 1.807) is 23.5 Å². The number of esters is 1. The number of hydrogen-bond acceptors (Lipinski definition) is 6. The van der Waals surface area contributed by atoms with Gasteiger partial charge >= 0.3 is 5.97 Å². The van der Waals surface area contributed by atoms with Crippen LogP contribution in [0.3, 0.4) is 0 Å². The van der Waals surface area contributed by atoms with Crippen LogP contribution < -0.4 is 5.32 Å². The van der Waals surface area contributed by atoms with Crippen molar-refractivity contribution in [3.63, 3.8) is 0 Å². The van der Waals surface area contributed by atoms with Crippen molar-refractivity contribution in [2.24, 2.45) is 0 Å². The Morgan fingerprint density at radius 2 is 2.10 bits per heavy atom. The molecule has 0 radical (unpaired) electrons. The number of nitrogens with zero attached hydrogens (tertiary/aromatic N) is 1. The molecule has 5 nitrogen and oxygen atoms in total. The summed E-state index contributed by atoms with van der Waals surface area (Å²) < 4.78 is 4.61. The average molecular weight is 324 g/mol. The second kappa shape index (κ2) is 7.33. The Bertz CT molecular complexity index is 634. The fourth-order valence-electron chi connectivity index (χ4n) is 1.69. The number of amides is 1. The molecule has 0 atom stereocenters. The van der Waals surface area contributed by atoms with Crippen LogP contribution in [0.25, 0.3) is 0 Å². The molecule has 0 aliphatic carbocycles. The summed E-state index contributed by atoms with van der Waals surface area (Å²) in [6.07, 6.45) is 1.64. The predicted octanol–water partition coefficient (Wildman–Crippen LogP) is 2.53. The number of nitrogens with one attached hydrogen (secondary N) is 1. The third-order valence-corrected chi connectivity index (χ3v) is 4.89. The number of hydrogen-bond donors (Lipinski definition) is 1. The molecule has 2 aromatic heterocycles. The number of carbonyl (C=O) groups excluding carboxylic acids is 2. The second-order valence-electron chi connectivity index (χ2n) is 4.25. The molecule has 0 bridgehead atoms. The zero-order chi connectivity index (χ0) is 15.2. The van der Waals surface area contributed by atoms with Crippen LogP contribution in [0.2, 0.25) is 0 Å². The average Bonchev–Trinajstić information content (AvgIpc) is 3.15. The molecule has 0 aliphatic rings. The summed E-state index contributed by atoms with van der Waals surface area (Å²) in [5, 5.41) is 5.96. The lowest BCUT2D eigenvalue weighted by molar-refractivity contribution is 0.0606. The summed E-state index contributed by atoms with van der Waals surface area (Å²) in [5.41, 5.74) is 0.999. The van der Waals surface area contributed by atoms with Gasteiger partial charge in [-0.1, -0.05) is 6.92 Å². The van der Waals surface area contributed by atoms with Crippen LogP contribution in [0.15, 0.2) is 17.5 Å². The van der Waals surface area contributed by atoms with Crippen LogP contribution in [-0.4, -0.2) is 30.5 Å². The van der Waals surface area contributed by atoms with Crippen molar-refractivity contribution in [2.75, 3.05) is 13.7 Å². The third-order valence-electron chi connectivity index (χ3n) is 2.78. The molecule has 2 rings (SSSR count). The van der Waals surface area contributed by atoms with Crippen molar-refractivity contribution in [1.29, 1.82) is 0 Å². The number of aryl methyl sites for hydroxylation is 1. The van der Waals surface area contributed by atoms with Gasteiger partial charge in [0.2, 0.25) is 0 Å². The molecule has 21 heavy (non-hydrogen) atoms. The maximum atomic E-state index is 11.9. The van der Waals surface area contributed by atoms with Crippen molar-refractivity contribution in [3.8, 4) is 0 Å². The highest BCUT2D eigenvalue weighted by Gasteiger charge is 2.13. The van der Waals surface area contributed by atoms with Gasteiger partial charge < -0.3 is 10.1 Å². The van der Waals surface area contributed by atoms with Gasteiger partial charge in [-0.25, -0.2) is 9.78 Å². The van der Waals surface area contributed by atoms with Gasteiger partial charge in [0, 0.05) is 18.3 Å². The number of carbonyl (C=O) groups is 2. The van der Waals surface area contributed by atoms with Crippen LogP contribution in [0, 0.1) is 0 Å². The van der Waals surface area contributed by atoms with Crippen molar-refractivity contribution in [3.05, 3.63) is 38.0 Å². The molecular weight excluding hydrogens is 308 g/mol. The first-order valence-electron chi connectivity index (χ1n) is 6.53. The zero-order valence-corrected chi connectivity index (χ0v) is 13.5. The van der Waals surface area contributed by atoms with Crippen molar-refractivity contribution in [2.45, 2.75) is 19.8 Å². The number of thiazole rings is 1. The molecule has 112 valence electrons. The van der Waals surface area contributed by atoms with Gasteiger partial charge in [-0.05, 0) is 18.6 Å². The van der Waals surface area contributed by atoms with Crippen LogP contribution in [0.1, 0.15) is 37.0 Å². The number of rotatable bonds is 6. The molecular formula is C14H16N2O3S2.